The standard InChI is InChI=1S/C20H28FN3O4/c1-14(2)12-24-20(27)16(13-23(6-8-25)7-9-26)11-18(22-24)15-4-5-19(28-3)17(21)10-15/h4-5,10-11,14,25-26H,6-9,12-13H2,1-3H3. The molecule has 2 aromatic rings. The van der Waals surface area contributed by atoms with Gasteiger partial charge in [0.2, 0.25) is 0 Å². The van der Waals surface area contributed by atoms with E-state index in [0.29, 0.717) is 36.5 Å². The van der Waals surface area contributed by atoms with E-state index in [-0.39, 0.29) is 37.0 Å². The summed E-state index contributed by atoms with van der Waals surface area (Å²) in [5.41, 5.74) is 1.26. The number of aromatic nitrogens is 2. The van der Waals surface area contributed by atoms with Crippen LogP contribution in [0.5, 0.6) is 5.75 Å². The van der Waals surface area contributed by atoms with E-state index >= 15 is 0 Å². The largest absolute Gasteiger partial charge is 0.494 e. The molecule has 0 aliphatic rings. The second kappa shape index (κ2) is 10.3. The molecular formula is C20H28FN3O4. The normalized spacial score (nSPS) is 11.4. The number of hydrogen-bond acceptors (Lipinski definition) is 6. The highest BCUT2D eigenvalue weighted by Gasteiger charge is 2.15. The van der Waals surface area contributed by atoms with Gasteiger partial charge >= 0.3 is 0 Å². The molecule has 0 spiro atoms. The first-order chi connectivity index (χ1) is 13.4. The SMILES string of the molecule is COc1ccc(-c2cc(CN(CCO)CCO)c(=O)n(CC(C)C)n2)cc1F. The van der Waals surface area contributed by atoms with Crippen LogP contribution in [-0.4, -0.2) is 58.3 Å². The summed E-state index contributed by atoms with van der Waals surface area (Å²) in [5.74, 6) is -0.171. The summed E-state index contributed by atoms with van der Waals surface area (Å²) < 4.78 is 20.5. The van der Waals surface area contributed by atoms with Crippen LogP contribution >= 0.6 is 0 Å². The van der Waals surface area contributed by atoms with Crippen molar-refractivity contribution >= 4 is 0 Å². The van der Waals surface area contributed by atoms with Crippen LogP contribution in [-0.2, 0) is 13.1 Å². The van der Waals surface area contributed by atoms with E-state index in [9.17, 15) is 19.4 Å². The maximum Gasteiger partial charge on any atom is 0.271 e. The molecule has 0 bridgehead atoms. The van der Waals surface area contributed by atoms with Gasteiger partial charge in [-0.3, -0.25) is 9.69 Å². The third-order valence-corrected chi connectivity index (χ3v) is 4.26. The molecule has 7 nitrogen and oxygen atoms in total. The van der Waals surface area contributed by atoms with Gasteiger partial charge in [0.25, 0.3) is 5.56 Å². The number of benzene rings is 1. The van der Waals surface area contributed by atoms with Gasteiger partial charge in [-0.25, -0.2) is 9.07 Å². The molecule has 0 saturated carbocycles. The number of rotatable bonds is 10. The number of ether oxygens (including phenoxy) is 1. The lowest BCUT2D eigenvalue weighted by Crippen LogP contribution is -2.35. The van der Waals surface area contributed by atoms with Gasteiger partial charge in [0.15, 0.2) is 11.6 Å². The fourth-order valence-corrected chi connectivity index (χ4v) is 2.94. The zero-order chi connectivity index (χ0) is 20.7. The van der Waals surface area contributed by atoms with Crippen molar-refractivity contribution in [3.05, 3.63) is 46.0 Å². The second-order valence-corrected chi connectivity index (χ2v) is 7.01. The third kappa shape index (κ3) is 5.60. The quantitative estimate of drug-likeness (QED) is 0.636. The number of aliphatic hydroxyl groups is 2. The summed E-state index contributed by atoms with van der Waals surface area (Å²) in [5, 5.41) is 22.9. The van der Waals surface area contributed by atoms with Crippen LogP contribution in [0.1, 0.15) is 19.4 Å². The fourth-order valence-electron chi connectivity index (χ4n) is 2.94. The van der Waals surface area contributed by atoms with Crippen LogP contribution in [0.3, 0.4) is 0 Å². The Labute approximate surface area is 164 Å². The molecule has 0 unspecified atom stereocenters. The van der Waals surface area contributed by atoms with Gasteiger partial charge < -0.3 is 14.9 Å². The Hall–Kier alpha value is -2.29. The number of halogens is 1. The minimum atomic E-state index is -0.507. The molecule has 1 aromatic heterocycles. The summed E-state index contributed by atoms with van der Waals surface area (Å²) >= 11 is 0. The number of nitrogens with zero attached hydrogens (tertiary/aromatic N) is 3. The summed E-state index contributed by atoms with van der Waals surface area (Å²) in [6, 6.07) is 6.18. The first-order valence-corrected chi connectivity index (χ1v) is 9.28. The van der Waals surface area contributed by atoms with Crippen molar-refractivity contribution in [3.63, 3.8) is 0 Å². The van der Waals surface area contributed by atoms with Crippen molar-refractivity contribution in [2.24, 2.45) is 5.92 Å². The lowest BCUT2D eigenvalue weighted by Gasteiger charge is -2.21. The maximum atomic E-state index is 14.2. The molecule has 0 amide bonds. The average Bonchev–Trinajstić information content (AvgIpc) is 2.64. The summed E-state index contributed by atoms with van der Waals surface area (Å²) in [6.07, 6.45) is 0. The maximum absolute atomic E-state index is 14.2. The van der Waals surface area contributed by atoms with Crippen LogP contribution in [0.4, 0.5) is 4.39 Å². The van der Waals surface area contributed by atoms with Crippen molar-refractivity contribution in [3.8, 4) is 17.0 Å². The predicted octanol–water partition coefficient (Wildman–Crippen LogP) is 1.50. The molecule has 0 fully saturated rings. The van der Waals surface area contributed by atoms with Gasteiger partial charge in [0.05, 0.1) is 26.0 Å². The minimum absolute atomic E-state index is 0.0815. The Kier molecular flexibility index (Phi) is 8.10. The van der Waals surface area contributed by atoms with Crippen molar-refractivity contribution in [2.45, 2.75) is 26.9 Å². The molecule has 1 aromatic carbocycles. The highest BCUT2D eigenvalue weighted by Crippen LogP contribution is 2.24. The van der Waals surface area contributed by atoms with Crippen molar-refractivity contribution in [1.29, 1.82) is 0 Å². The summed E-state index contributed by atoms with van der Waals surface area (Å²) in [4.78, 5) is 14.6. The Morgan fingerprint density at radius 1 is 1.21 bits per heavy atom. The lowest BCUT2D eigenvalue weighted by atomic mass is 10.1. The van der Waals surface area contributed by atoms with Gasteiger partial charge in [-0.1, -0.05) is 13.8 Å². The van der Waals surface area contributed by atoms with Gasteiger partial charge in [-0.2, -0.15) is 5.10 Å². The van der Waals surface area contributed by atoms with Crippen LogP contribution in [0, 0.1) is 11.7 Å². The molecule has 0 aliphatic carbocycles. The minimum Gasteiger partial charge on any atom is -0.494 e. The topological polar surface area (TPSA) is 87.8 Å². The molecule has 154 valence electrons. The zero-order valence-electron chi connectivity index (χ0n) is 16.6. The smallest absolute Gasteiger partial charge is 0.271 e. The van der Waals surface area contributed by atoms with E-state index < -0.39 is 5.82 Å². The molecule has 0 atom stereocenters. The van der Waals surface area contributed by atoms with Crippen LogP contribution in [0.2, 0.25) is 0 Å². The lowest BCUT2D eigenvalue weighted by molar-refractivity contribution is 0.155. The Morgan fingerprint density at radius 2 is 1.89 bits per heavy atom. The van der Waals surface area contributed by atoms with E-state index in [1.165, 1.54) is 23.9 Å². The molecule has 2 N–H and O–H groups in total. The van der Waals surface area contributed by atoms with E-state index in [1.54, 1.807) is 17.0 Å². The molecule has 0 aliphatic heterocycles. The Balaban J connectivity index is 2.50. The average molecular weight is 393 g/mol. The summed E-state index contributed by atoms with van der Waals surface area (Å²) in [7, 11) is 1.40. The number of hydrogen-bond donors (Lipinski definition) is 2. The predicted molar refractivity (Wildman–Crippen MR) is 105 cm³/mol. The van der Waals surface area contributed by atoms with Crippen molar-refractivity contribution in [2.75, 3.05) is 33.4 Å². The van der Waals surface area contributed by atoms with E-state index in [4.69, 9.17) is 4.74 Å². The Morgan fingerprint density at radius 3 is 2.43 bits per heavy atom. The second-order valence-electron chi connectivity index (χ2n) is 7.01. The van der Waals surface area contributed by atoms with E-state index in [2.05, 4.69) is 5.10 Å². The zero-order valence-corrected chi connectivity index (χ0v) is 16.6. The molecule has 28 heavy (non-hydrogen) atoms. The van der Waals surface area contributed by atoms with Crippen molar-refractivity contribution < 1.29 is 19.3 Å². The molecular weight excluding hydrogens is 365 g/mol. The van der Waals surface area contributed by atoms with Gasteiger partial charge in [0.1, 0.15) is 0 Å². The first kappa shape index (κ1) is 22.0. The van der Waals surface area contributed by atoms with Gasteiger partial charge in [0, 0.05) is 37.3 Å². The van der Waals surface area contributed by atoms with E-state index in [1.807, 2.05) is 13.8 Å². The fraction of sp³-hybridized carbons (Fsp3) is 0.500. The first-order valence-electron chi connectivity index (χ1n) is 9.28. The highest BCUT2D eigenvalue weighted by atomic mass is 19.1. The van der Waals surface area contributed by atoms with Crippen LogP contribution in [0.25, 0.3) is 11.3 Å². The van der Waals surface area contributed by atoms with E-state index in [0.717, 1.165) is 0 Å². The monoisotopic (exact) mass is 393 g/mol. The highest BCUT2D eigenvalue weighted by molar-refractivity contribution is 5.60. The van der Waals surface area contributed by atoms with Crippen LogP contribution in [0.15, 0.2) is 29.1 Å². The Bertz CT molecular complexity index is 833. The van der Waals surface area contributed by atoms with Gasteiger partial charge in [-0.15, -0.1) is 0 Å². The van der Waals surface area contributed by atoms with Gasteiger partial charge in [-0.05, 0) is 30.2 Å². The van der Waals surface area contributed by atoms with Crippen molar-refractivity contribution in [1.82, 2.24) is 14.7 Å². The molecule has 1 heterocycles. The number of methoxy groups -OCH3 is 1. The number of aliphatic hydroxyl groups excluding tert-OH is 2. The van der Waals surface area contributed by atoms with Crippen LogP contribution < -0.4 is 10.3 Å². The summed E-state index contributed by atoms with van der Waals surface area (Å²) in [6.45, 7) is 5.15. The molecule has 8 heteroatoms. The third-order valence-electron chi connectivity index (χ3n) is 4.26. The molecule has 0 radical (unpaired) electrons. The molecule has 2 rings (SSSR count). The molecule has 0 saturated heterocycles.